The fourth-order valence-electron chi connectivity index (χ4n) is 0.597. The fraction of sp³-hybridized carbons (Fsp3) is 0.875. The van der Waals surface area contributed by atoms with E-state index < -0.39 is 0 Å². The lowest BCUT2D eigenvalue weighted by Gasteiger charge is -2.06. The van der Waals surface area contributed by atoms with Crippen LogP contribution in [-0.2, 0) is 9.53 Å². The molecule has 0 bridgehead atoms. The lowest BCUT2D eigenvalue weighted by molar-refractivity contribution is -0.144. The van der Waals surface area contributed by atoms with Crippen LogP contribution in [0.25, 0.3) is 0 Å². The number of carbonyl (C=O) groups is 1. The molecule has 0 atom stereocenters. The van der Waals surface area contributed by atoms with Gasteiger partial charge in [0.1, 0.15) is 0 Å². The molecule has 0 fully saturated rings. The van der Waals surface area contributed by atoms with Crippen molar-refractivity contribution in [3.05, 3.63) is 0 Å². The van der Waals surface area contributed by atoms with Gasteiger partial charge in [-0.3, -0.25) is 4.79 Å². The molecule has 0 unspecified atom stereocenters. The summed E-state index contributed by atoms with van der Waals surface area (Å²) in [6.45, 7) is 5.82. The van der Waals surface area contributed by atoms with Gasteiger partial charge in [-0.25, -0.2) is 0 Å². The minimum atomic E-state index is -0.0987. The van der Waals surface area contributed by atoms with Gasteiger partial charge in [-0.2, -0.15) is 11.8 Å². The molecule has 0 N–H and O–H groups in total. The Morgan fingerprint density at radius 3 is 2.64 bits per heavy atom. The van der Waals surface area contributed by atoms with Crippen LogP contribution in [0.4, 0.5) is 0 Å². The predicted molar refractivity (Wildman–Crippen MR) is 48.8 cm³/mol. The molecule has 0 aliphatic carbocycles. The third kappa shape index (κ3) is 7.72. The quantitative estimate of drug-likeness (QED) is 0.474. The third-order valence-electron chi connectivity index (χ3n) is 0.936. The maximum atomic E-state index is 10.9. The van der Waals surface area contributed by atoms with Crippen molar-refractivity contribution < 1.29 is 9.53 Å². The van der Waals surface area contributed by atoms with Gasteiger partial charge >= 0.3 is 5.97 Å². The van der Waals surface area contributed by atoms with Gasteiger partial charge in [0.2, 0.25) is 0 Å². The van der Waals surface area contributed by atoms with Crippen molar-refractivity contribution in [2.45, 2.75) is 33.3 Å². The average molecular weight is 176 g/mol. The number of hydrogen-bond acceptors (Lipinski definition) is 3. The van der Waals surface area contributed by atoms with Gasteiger partial charge in [-0.15, -0.1) is 0 Å². The molecule has 0 heterocycles. The highest BCUT2D eigenvalue weighted by Gasteiger charge is 2.03. The fourth-order valence-corrected chi connectivity index (χ4v) is 1.26. The van der Waals surface area contributed by atoms with E-state index in [1.54, 1.807) is 11.8 Å². The average Bonchev–Trinajstić information content (AvgIpc) is 1.86. The van der Waals surface area contributed by atoms with Crippen LogP contribution in [0.5, 0.6) is 0 Å². The van der Waals surface area contributed by atoms with Crippen LogP contribution in [0.2, 0.25) is 0 Å². The van der Waals surface area contributed by atoms with Crippen molar-refractivity contribution in [3.8, 4) is 0 Å². The monoisotopic (exact) mass is 176 g/mol. The normalized spacial score (nSPS) is 10.2. The van der Waals surface area contributed by atoms with Gasteiger partial charge in [0.05, 0.1) is 11.9 Å². The summed E-state index contributed by atoms with van der Waals surface area (Å²) >= 11 is 1.63. The molecule has 0 amide bonds. The summed E-state index contributed by atoms with van der Waals surface area (Å²) in [7, 11) is 0. The molecule has 0 radical (unpaired) electrons. The van der Waals surface area contributed by atoms with Crippen LogP contribution >= 0.6 is 11.8 Å². The van der Waals surface area contributed by atoms with E-state index >= 15 is 0 Å². The lowest BCUT2D eigenvalue weighted by Crippen LogP contribution is -2.13. The van der Waals surface area contributed by atoms with E-state index in [2.05, 4.69) is 6.92 Å². The van der Waals surface area contributed by atoms with E-state index in [1.165, 1.54) is 0 Å². The second-order valence-electron chi connectivity index (χ2n) is 2.59. The Balaban J connectivity index is 3.23. The molecule has 0 rings (SSSR count). The predicted octanol–water partition coefficient (Wildman–Crippen LogP) is 2.08. The van der Waals surface area contributed by atoms with E-state index in [-0.39, 0.29) is 12.1 Å². The second kappa shape index (κ2) is 6.53. The van der Waals surface area contributed by atoms with Crippen LogP contribution in [0.1, 0.15) is 27.2 Å². The molecule has 0 aromatic rings. The van der Waals surface area contributed by atoms with Crippen LogP contribution in [0, 0.1) is 0 Å². The van der Waals surface area contributed by atoms with Crippen LogP contribution in [-0.4, -0.2) is 23.6 Å². The summed E-state index contributed by atoms with van der Waals surface area (Å²) < 4.78 is 4.94. The zero-order chi connectivity index (χ0) is 8.69. The van der Waals surface area contributed by atoms with Crippen molar-refractivity contribution in [3.63, 3.8) is 0 Å². The Labute approximate surface area is 72.7 Å². The number of esters is 1. The summed E-state index contributed by atoms with van der Waals surface area (Å²) in [5, 5.41) is 0. The standard InChI is InChI=1S/C8H16O2S/c1-4-5-11-6-8(9)10-7(2)3/h7H,4-6H2,1-3H3. The molecule has 66 valence electrons. The SMILES string of the molecule is CCCSCC(=O)OC(C)C. The Bertz CT molecular complexity index is 113. The molecule has 0 saturated heterocycles. The van der Waals surface area contributed by atoms with Crippen LogP contribution in [0.3, 0.4) is 0 Å². The lowest BCUT2D eigenvalue weighted by atomic mass is 10.5. The first-order valence-electron chi connectivity index (χ1n) is 3.94. The van der Waals surface area contributed by atoms with Gasteiger partial charge < -0.3 is 4.74 Å². The highest BCUT2D eigenvalue weighted by atomic mass is 32.2. The van der Waals surface area contributed by atoms with Gasteiger partial charge in [0, 0.05) is 0 Å². The van der Waals surface area contributed by atoms with Gasteiger partial charge in [-0.05, 0) is 26.0 Å². The van der Waals surface area contributed by atoms with Gasteiger partial charge in [-0.1, -0.05) is 6.92 Å². The van der Waals surface area contributed by atoms with Crippen molar-refractivity contribution in [2.24, 2.45) is 0 Å². The van der Waals surface area contributed by atoms with Crippen LogP contribution < -0.4 is 0 Å². The van der Waals surface area contributed by atoms with E-state index in [1.807, 2.05) is 13.8 Å². The zero-order valence-corrected chi connectivity index (χ0v) is 8.24. The highest BCUT2D eigenvalue weighted by molar-refractivity contribution is 7.99. The summed E-state index contributed by atoms with van der Waals surface area (Å²) in [6, 6.07) is 0. The maximum absolute atomic E-state index is 10.9. The Kier molecular flexibility index (Phi) is 6.42. The van der Waals surface area contributed by atoms with Crippen molar-refractivity contribution in [1.82, 2.24) is 0 Å². The summed E-state index contributed by atoms with van der Waals surface area (Å²) in [5.74, 6) is 1.43. The first-order valence-corrected chi connectivity index (χ1v) is 5.09. The van der Waals surface area contributed by atoms with Crippen molar-refractivity contribution in [2.75, 3.05) is 11.5 Å². The van der Waals surface area contributed by atoms with E-state index in [9.17, 15) is 4.79 Å². The number of hydrogen-bond donors (Lipinski definition) is 0. The second-order valence-corrected chi connectivity index (χ2v) is 3.70. The van der Waals surface area contributed by atoms with Crippen molar-refractivity contribution in [1.29, 1.82) is 0 Å². The number of carbonyl (C=O) groups excluding carboxylic acids is 1. The van der Waals surface area contributed by atoms with Gasteiger partial charge in [0.25, 0.3) is 0 Å². The molecule has 11 heavy (non-hydrogen) atoms. The molecular formula is C8H16O2S. The highest BCUT2D eigenvalue weighted by Crippen LogP contribution is 2.03. The topological polar surface area (TPSA) is 26.3 Å². The largest absolute Gasteiger partial charge is 0.462 e. The Hall–Kier alpha value is -0.180. The molecule has 0 aromatic carbocycles. The van der Waals surface area contributed by atoms with E-state index in [0.29, 0.717) is 5.75 Å². The number of rotatable bonds is 5. The third-order valence-corrected chi connectivity index (χ3v) is 2.07. The van der Waals surface area contributed by atoms with E-state index in [0.717, 1.165) is 12.2 Å². The smallest absolute Gasteiger partial charge is 0.316 e. The first-order chi connectivity index (χ1) is 5.16. The number of thioether (sulfide) groups is 1. The Morgan fingerprint density at radius 1 is 1.55 bits per heavy atom. The van der Waals surface area contributed by atoms with Crippen LogP contribution in [0.15, 0.2) is 0 Å². The molecule has 0 aliphatic heterocycles. The molecule has 3 heteroatoms. The zero-order valence-electron chi connectivity index (χ0n) is 7.42. The maximum Gasteiger partial charge on any atom is 0.316 e. The molecule has 2 nitrogen and oxygen atoms in total. The van der Waals surface area contributed by atoms with Crippen molar-refractivity contribution >= 4 is 17.7 Å². The van der Waals surface area contributed by atoms with E-state index in [4.69, 9.17) is 4.74 Å². The molecular weight excluding hydrogens is 160 g/mol. The molecule has 0 aliphatic rings. The first kappa shape index (κ1) is 10.8. The minimum Gasteiger partial charge on any atom is -0.462 e. The molecule has 0 saturated carbocycles. The number of ether oxygens (including phenoxy) is 1. The summed E-state index contributed by atoms with van der Waals surface area (Å²) in [6.07, 6.45) is 1.13. The summed E-state index contributed by atoms with van der Waals surface area (Å²) in [5.41, 5.74) is 0. The summed E-state index contributed by atoms with van der Waals surface area (Å²) in [4.78, 5) is 10.9. The molecule has 0 aromatic heterocycles. The molecule has 0 spiro atoms. The minimum absolute atomic E-state index is 0.0183. The van der Waals surface area contributed by atoms with Gasteiger partial charge in [0.15, 0.2) is 0 Å². The Morgan fingerprint density at radius 2 is 2.18 bits per heavy atom.